The molecule has 0 aliphatic carbocycles. The maximum Gasteiger partial charge on any atom is 0.508 e. The van der Waals surface area contributed by atoms with Gasteiger partial charge in [-0.05, 0) is 58.3 Å². The van der Waals surface area contributed by atoms with Gasteiger partial charge in [0.2, 0.25) is 0 Å². The number of carbonyl (C=O) groups excluding carboxylic acids is 2. The van der Waals surface area contributed by atoms with Crippen LogP contribution >= 0.6 is 0 Å². The molecule has 1 aliphatic rings. The van der Waals surface area contributed by atoms with Gasteiger partial charge in [-0.1, -0.05) is 13.8 Å². The Morgan fingerprint density at radius 2 is 1.77 bits per heavy atom. The Labute approximate surface area is 256 Å². The molecule has 2 aromatic rings. The molecule has 0 amide bonds. The van der Waals surface area contributed by atoms with E-state index in [4.69, 9.17) is 40.2 Å². The summed E-state index contributed by atoms with van der Waals surface area (Å²) in [6, 6.07) is 3.91. The molecule has 3 rings (SSSR count). The standard InChI is InChI=1S/C18H27N5O4.C7H12O4.C2H4O2.CHN/c1-11(22(3)4)12(2)26-18(24)25-9-13-5-8-16(27-13)14-6-7-15-17(19)20-10-21-23(14)15;1-7(2,3-5(8)9)4-6(10)11;1-4-2-3;1-2/h6-7,10-13,16H,5,8-9H2,1-4H3,(H2,19,20,21);3-4H2,1-2H3,(H,8,9)(H,10,11);2H,1H3;1H. The maximum absolute atomic E-state index is 11.9. The zero-order chi connectivity index (χ0) is 34.0. The summed E-state index contributed by atoms with van der Waals surface area (Å²) in [4.78, 5) is 47.2. The number of methoxy groups -OCH3 is 1. The molecule has 2 aromatic heterocycles. The minimum absolute atomic E-state index is 0.0988. The van der Waals surface area contributed by atoms with E-state index in [0.717, 1.165) is 24.1 Å². The average molecular weight is 625 g/mol. The van der Waals surface area contributed by atoms with Crippen LogP contribution in [0.25, 0.3) is 5.52 Å². The molecule has 4 N–H and O–H groups in total. The normalized spacial score (nSPS) is 16.9. The molecular formula is C28H44N6O10. The zero-order valence-electron chi connectivity index (χ0n) is 26.2. The van der Waals surface area contributed by atoms with Crippen molar-refractivity contribution in [1.29, 1.82) is 5.26 Å². The first-order valence-electron chi connectivity index (χ1n) is 13.5. The molecule has 3 heterocycles. The third kappa shape index (κ3) is 14.1. The van der Waals surface area contributed by atoms with Crippen LogP contribution < -0.4 is 5.73 Å². The van der Waals surface area contributed by atoms with E-state index in [-0.39, 0.29) is 43.8 Å². The first-order chi connectivity index (χ1) is 20.6. The quantitative estimate of drug-likeness (QED) is 0.241. The summed E-state index contributed by atoms with van der Waals surface area (Å²) in [6.45, 7) is 11.1. The fourth-order valence-electron chi connectivity index (χ4n) is 4.01. The largest absolute Gasteiger partial charge is 0.508 e. The number of carboxylic acid groups (broad SMARTS) is 2. The lowest BCUT2D eigenvalue weighted by Gasteiger charge is -2.25. The van der Waals surface area contributed by atoms with Gasteiger partial charge in [0.15, 0.2) is 5.82 Å². The number of aliphatic carboxylic acids is 2. The monoisotopic (exact) mass is 624 g/mol. The molecule has 4 unspecified atom stereocenters. The third-order valence-electron chi connectivity index (χ3n) is 6.47. The van der Waals surface area contributed by atoms with E-state index >= 15 is 0 Å². The lowest BCUT2D eigenvalue weighted by Crippen LogP contribution is -2.37. The fourth-order valence-corrected chi connectivity index (χ4v) is 4.01. The predicted molar refractivity (Wildman–Crippen MR) is 157 cm³/mol. The van der Waals surface area contributed by atoms with Crippen LogP contribution in [0.4, 0.5) is 10.6 Å². The fraction of sp³-hybridized carbons (Fsp3) is 0.607. The van der Waals surface area contributed by atoms with E-state index in [9.17, 15) is 14.4 Å². The molecule has 4 atom stereocenters. The molecular weight excluding hydrogens is 580 g/mol. The number of carbonyl (C=O) groups is 4. The SMILES string of the molecule is C#N.CC(C)(CC(=O)O)CC(=O)O.CC(OC(=O)OCC1CCC(c2ccc3c(N)ncnn23)O1)C(C)N(C)C.COC=O. The Bertz CT molecular complexity index is 1200. The van der Waals surface area contributed by atoms with E-state index in [2.05, 4.69) is 21.4 Å². The first kappa shape index (κ1) is 39.5. The van der Waals surface area contributed by atoms with Crippen molar-refractivity contribution in [2.75, 3.05) is 33.5 Å². The second-order valence-electron chi connectivity index (χ2n) is 10.7. The molecule has 0 saturated carbocycles. The topological polar surface area (TPSA) is 229 Å². The summed E-state index contributed by atoms with van der Waals surface area (Å²) in [7, 11) is 5.19. The first-order valence-corrected chi connectivity index (χ1v) is 13.5. The van der Waals surface area contributed by atoms with Crippen molar-refractivity contribution >= 4 is 35.9 Å². The van der Waals surface area contributed by atoms with Gasteiger partial charge in [-0.2, -0.15) is 5.10 Å². The number of nitrogens with zero attached hydrogens (tertiary/aromatic N) is 5. The smallest absolute Gasteiger partial charge is 0.481 e. The van der Waals surface area contributed by atoms with Gasteiger partial charge in [0.1, 0.15) is 30.7 Å². The van der Waals surface area contributed by atoms with Crippen molar-refractivity contribution in [3.05, 3.63) is 24.2 Å². The lowest BCUT2D eigenvalue weighted by molar-refractivity contribution is -0.142. The Morgan fingerprint density at radius 1 is 1.20 bits per heavy atom. The van der Waals surface area contributed by atoms with Crippen LogP contribution in [0.5, 0.6) is 0 Å². The van der Waals surface area contributed by atoms with Gasteiger partial charge in [0, 0.05) is 12.6 Å². The van der Waals surface area contributed by atoms with Gasteiger partial charge >= 0.3 is 18.1 Å². The van der Waals surface area contributed by atoms with Crippen LogP contribution in [0.15, 0.2) is 18.5 Å². The molecule has 0 bridgehead atoms. The van der Waals surface area contributed by atoms with Crippen LogP contribution in [0.3, 0.4) is 0 Å². The Morgan fingerprint density at radius 3 is 2.27 bits per heavy atom. The minimum atomic E-state index is -0.962. The number of rotatable bonds is 11. The third-order valence-corrected chi connectivity index (χ3v) is 6.47. The highest BCUT2D eigenvalue weighted by atomic mass is 16.7. The molecule has 246 valence electrons. The predicted octanol–water partition coefficient (Wildman–Crippen LogP) is 2.91. The Hall–Kier alpha value is -4.49. The number of nitrogens with two attached hydrogens (primary N) is 1. The van der Waals surface area contributed by atoms with E-state index in [0.29, 0.717) is 12.3 Å². The molecule has 0 spiro atoms. The van der Waals surface area contributed by atoms with Crippen molar-refractivity contribution in [3.63, 3.8) is 0 Å². The second kappa shape index (κ2) is 19.7. The number of likely N-dealkylation sites (N-methyl/N-ethyl adjacent to an activating group) is 1. The molecule has 0 aromatic carbocycles. The van der Waals surface area contributed by atoms with Crippen molar-refractivity contribution in [3.8, 4) is 6.57 Å². The van der Waals surface area contributed by atoms with Gasteiger partial charge < -0.3 is 39.8 Å². The number of anilines is 1. The highest BCUT2D eigenvalue weighted by molar-refractivity contribution is 5.71. The molecule has 16 heteroatoms. The molecule has 1 aliphatic heterocycles. The number of hydrogen-bond donors (Lipinski definition) is 3. The molecule has 44 heavy (non-hydrogen) atoms. The van der Waals surface area contributed by atoms with Gasteiger partial charge in [0.05, 0.1) is 31.7 Å². The molecule has 16 nitrogen and oxygen atoms in total. The van der Waals surface area contributed by atoms with E-state index in [1.807, 2.05) is 45.0 Å². The van der Waals surface area contributed by atoms with E-state index in [1.54, 1.807) is 18.4 Å². The van der Waals surface area contributed by atoms with Crippen molar-refractivity contribution in [2.45, 2.75) is 77.7 Å². The Kier molecular flexibility index (Phi) is 17.6. The highest BCUT2D eigenvalue weighted by Gasteiger charge is 2.30. The van der Waals surface area contributed by atoms with Crippen LogP contribution in [-0.4, -0.2) is 100 Å². The number of nitrogen functional groups attached to an aromatic ring is 1. The van der Waals surface area contributed by atoms with E-state index < -0.39 is 23.5 Å². The van der Waals surface area contributed by atoms with E-state index in [1.165, 1.54) is 13.4 Å². The summed E-state index contributed by atoms with van der Waals surface area (Å²) in [5.41, 5.74) is 6.88. The second-order valence-corrected chi connectivity index (χ2v) is 10.7. The van der Waals surface area contributed by atoms with Crippen LogP contribution in [0, 0.1) is 17.2 Å². The van der Waals surface area contributed by atoms with Crippen LogP contribution in [-0.2, 0) is 33.3 Å². The van der Waals surface area contributed by atoms with Gasteiger partial charge in [-0.15, -0.1) is 0 Å². The van der Waals surface area contributed by atoms with Crippen molar-refractivity contribution < 1.29 is 48.3 Å². The summed E-state index contributed by atoms with van der Waals surface area (Å²) in [5.74, 6) is -1.49. The molecule has 1 saturated heterocycles. The number of aromatic nitrogens is 3. The highest BCUT2D eigenvalue weighted by Crippen LogP contribution is 2.34. The minimum Gasteiger partial charge on any atom is -0.481 e. The lowest BCUT2D eigenvalue weighted by atomic mass is 9.86. The molecule has 0 radical (unpaired) electrons. The zero-order valence-corrected chi connectivity index (χ0v) is 26.2. The van der Waals surface area contributed by atoms with Gasteiger partial charge in [0.25, 0.3) is 6.47 Å². The summed E-state index contributed by atoms with van der Waals surface area (Å²) >= 11 is 0. The van der Waals surface area contributed by atoms with Crippen LogP contribution in [0.1, 0.15) is 65.2 Å². The summed E-state index contributed by atoms with van der Waals surface area (Å²) < 4.78 is 22.2. The average Bonchev–Trinajstić information content (AvgIpc) is 3.59. The Balaban J connectivity index is 0.000000906. The van der Waals surface area contributed by atoms with Crippen LogP contribution in [0.2, 0.25) is 0 Å². The number of fused-ring (bicyclic) bond motifs is 1. The van der Waals surface area contributed by atoms with Gasteiger partial charge in [-0.25, -0.2) is 19.6 Å². The number of hydrogen-bond acceptors (Lipinski definition) is 13. The number of ether oxygens (including phenoxy) is 4. The summed E-state index contributed by atoms with van der Waals surface area (Å²) in [6.07, 6.45) is 1.57. The van der Waals surface area contributed by atoms with Gasteiger partial charge in [-0.3, -0.25) is 14.4 Å². The number of nitriles is 1. The maximum atomic E-state index is 11.9. The van der Waals surface area contributed by atoms with Crippen molar-refractivity contribution in [1.82, 2.24) is 19.5 Å². The van der Waals surface area contributed by atoms with Crippen molar-refractivity contribution in [2.24, 2.45) is 5.41 Å². The molecule has 1 fully saturated rings. The summed E-state index contributed by atoms with van der Waals surface area (Å²) in [5, 5.41) is 27.5. The number of carboxylic acids is 2.